The van der Waals surface area contributed by atoms with Gasteiger partial charge in [-0.3, -0.25) is 9.80 Å². The fourth-order valence-corrected chi connectivity index (χ4v) is 3.02. The molecular weight excluding hydrogens is 364 g/mol. The first-order valence-corrected chi connectivity index (χ1v) is 10.8. The van der Waals surface area contributed by atoms with E-state index in [2.05, 4.69) is 37.5 Å². The lowest BCUT2D eigenvalue weighted by molar-refractivity contribution is 0.289. The summed E-state index contributed by atoms with van der Waals surface area (Å²) in [7, 11) is 0. The number of rotatable bonds is 10. The number of ether oxygens (including phenoxy) is 1. The Morgan fingerprint density at radius 3 is 1.31 bits per heavy atom. The highest BCUT2D eigenvalue weighted by atomic mass is 16.5. The SMILES string of the molecule is CC.CCN(CC)Cc1cc(Oc2ccc(O)c(CN(CC)CC)c2)ccc1O. The topological polar surface area (TPSA) is 56.2 Å². The van der Waals surface area contributed by atoms with Gasteiger partial charge in [0, 0.05) is 24.2 Å². The molecule has 0 unspecified atom stereocenters. The highest BCUT2D eigenvalue weighted by Gasteiger charge is 2.11. The van der Waals surface area contributed by atoms with Crippen LogP contribution in [-0.4, -0.2) is 46.2 Å². The maximum atomic E-state index is 10.2. The molecule has 0 bridgehead atoms. The third kappa shape index (κ3) is 7.59. The lowest BCUT2D eigenvalue weighted by Crippen LogP contribution is -2.22. The maximum absolute atomic E-state index is 10.2. The fraction of sp³-hybridized carbons (Fsp3) is 0.500. The first-order valence-electron chi connectivity index (χ1n) is 10.8. The molecule has 0 aliphatic heterocycles. The molecule has 0 radical (unpaired) electrons. The van der Waals surface area contributed by atoms with Crippen molar-refractivity contribution in [3.8, 4) is 23.0 Å². The summed E-state index contributed by atoms with van der Waals surface area (Å²) >= 11 is 0. The molecule has 0 aromatic heterocycles. The van der Waals surface area contributed by atoms with E-state index < -0.39 is 0 Å². The van der Waals surface area contributed by atoms with Crippen molar-refractivity contribution in [2.24, 2.45) is 0 Å². The lowest BCUT2D eigenvalue weighted by atomic mass is 10.1. The van der Waals surface area contributed by atoms with E-state index in [-0.39, 0.29) is 11.5 Å². The molecule has 0 spiro atoms. The smallest absolute Gasteiger partial charge is 0.128 e. The Morgan fingerprint density at radius 1 is 0.655 bits per heavy atom. The number of hydrogen-bond donors (Lipinski definition) is 2. The van der Waals surface area contributed by atoms with Gasteiger partial charge in [0.2, 0.25) is 0 Å². The minimum absolute atomic E-state index is 0.280. The van der Waals surface area contributed by atoms with Crippen molar-refractivity contribution < 1.29 is 14.9 Å². The van der Waals surface area contributed by atoms with Crippen LogP contribution in [0.3, 0.4) is 0 Å². The summed E-state index contributed by atoms with van der Waals surface area (Å²) < 4.78 is 6.01. The van der Waals surface area contributed by atoms with Gasteiger partial charge in [-0.05, 0) is 62.6 Å². The first-order chi connectivity index (χ1) is 14.0. The van der Waals surface area contributed by atoms with Gasteiger partial charge in [-0.15, -0.1) is 0 Å². The summed E-state index contributed by atoms with van der Waals surface area (Å²) in [5, 5.41) is 20.3. The van der Waals surface area contributed by atoms with Gasteiger partial charge < -0.3 is 14.9 Å². The van der Waals surface area contributed by atoms with E-state index >= 15 is 0 Å². The van der Waals surface area contributed by atoms with Crippen molar-refractivity contribution >= 4 is 0 Å². The van der Waals surface area contributed by atoms with Crippen LogP contribution in [0.25, 0.3) is 0 Å². The lowest BCUT2D eigenvalue weighted by Gasteiger charge is -2.20. The van der Waals surface area contributed by atoms with E-state index in [1.165, 1.54) is 0 Å². The number of phenolic OH excluding ortho intramolecular Hbond substituents is 2. The van der Waals surface area contributed by atoms with Crippen molar-refractivity contribution in [2.45, 2.75) is 54.6 Å². The molecule has 2 aromatic rings. The zero-order chi connectivity index (χ0) is 21.8. The standard InChI is InChI=1S/C22H32N2O3.C2H6/c1-5-23(6-2)15-17-13-19(9-11-21(17)25)27-20-10-12-22(26)18(14-20)16-24(7-3)8-4;1-2/h9-14,25-26H,5-8,15-16H2,1-4H3;1-2H3. The van der Waals surface area contributed by atoms with E-state index in [1.54, 1.807) is 24.3 Å². The highest BCUT2D eigenvalue weighted by molar-refractivity contribution is 5.44. The van der Waals surface area contributed by atoms with Crippen LogP contribution in [0.5, 0.6) is 23.0 Å². The van der Waals surface area contributed by atoms with Crippen LogP contribution < -0.4 is 4.74 Å². The molecule has 0 heterocycles. The van der Waals surface area contributed by atoms with Crippen molar-refractivity contribution in [3.63, 3.8) is 0 Å². The summed E-state index contributed by atoms with van der Waals surface area (Å²) in [4.78, 5) is 4.48. The molecule has 5 nitrogen and oxygen atoms in total. The Labute approximate surface area is 176 Å². The molecule has 29 heavy (non-hydrogen) atoms. The third-order valence-corrected chi connectivity index (χ3v) is 4.91. The summed E-state index contributed by atoms with van der Waals surface area (Å²) in [6.45, 7) is 17.5. The molecule has 2 aromatic carbocycles. The molecule has 0 amide bonds. The number of phenols is 2. The molecular formula is C24H38N2O3. The zero-order valence-electron chi connectivity index (χ0n) is 18.9. The van der Waals surface area contributed by atoms with Crippen LogP contribution >= 0.6 is 0 Å². The molecule has 0 atom stereocenters. The summed E-state index contributed by atoms with van der Waals surface area (Å²) in [6, 6.07) is 10.6. The van der Waals surface area contributed by atoms with Crippen LogP contribution in [0.2, 0.25) is 0 Å². The summed E-state index contributed by atoms with van der Waals surface area (Å²) in [5.41, 5.74) is 1.69. The molecule has 2 rings (SSSR count). The molecule has 2 N–H and O–H groups in total. The molecule has 5 heteroatoms. The van der Waals surface area contributed by atoms with E-state index in [1.807, 2.05) is 26.0 Å². The Morgan fingerprint density at radius 2 is 1.00 bits per heavy atom. The second-order valence-electron chi connectivity index (χ2n) is 6.61. The van der Waals surface area contributed by atoms with Crippen LogP contribution in [-0.2, 0) is 13.1 Å². The molecule has 0 aliphatic carbocycles. The van der Waals surface area contributed by atoms with Crippen molar-refractivity contribution in [1.29, 1.82) is 0 Å². The highest BCUT2D eigenvalue weighted by Crippen LogP contribution is 2.31. The number of aromatic hydroxyl groups is 2. The predicted octanol–water partition coefficient (Wildman–Crippen LogP) is 5.60. The van der Waals surface area contributed by atoms with Gasteiger partial charge in [0.15, 0.2) is 0 Å². The number of benzene rings is 2. The number of hydrogen-bond acceptors (Lipinski definition) is 5. The Hall–Kier alpha value is -2.24. The van der Waals surface area contributed by atoms with Crippen LogP contribution in [0.15, 0.2) is 36.4 Å². The normalized spacial score (nSPS) is 10.8. The monoisotopic (exact) mass is 402 g/mol. The fourth-order valence-electron chi connectivity index (χ4n) is 3.02. The molecule has 0 saturated carbocycles. The van der Waals surface area contributed by atoms with Gasteiger partial charge in [0.1, 0.15) is 23.0 Å². The van der Waals surface area contributed by atoms with E-state index in [9.17, 15) is 10.2 Å². The van der Waals surface area contributed by atoms with Crippen molar-refractivity contribution in [1.82, 2.24) is 9.80 Å². The summed E-state index contributed by atoms with van der Waals surface area (Å²) in [6.07, 6.45) is 0. The van der Waals surface area contributed by atoms with Gasteiger partial charge in [-0.1, -0.05) is 41.5 Å². The quantitative estimate of drug-likeness (QED) is 0.542. The van der Waals surface area contributed by atoms with Crippen LogP contribution in [0, 0.1) is 0 Å². The molecule has 0 fully saturated rings. The molecule has 0 saturated heterocycles. The Balaban J connectivity index is 0.00000204. The van der Waals surface area contributed by atoms with Crippen molar-refractivity contribution in [3.05, 3.63) is 47.5 Å². The zero-order valence-corrected chi connectivity index (χ0v) is 18.9. The number of nitrogens with zero attached hydrogens (tertiary/aromatic N) is 2. The first kappa shape index (κ1) is 24.8. The van der Waals surface area contributed by atoms with Gasteiger partial charge in [0.25, 0.3) is 0 Å². The minimum Gasteiger partial charge on any atom is -0.508 e. The Bertz CT molecular complexity index is 665. The average Bonchev–Trinajstić information content (AvgIpc) is 2.75. The summed E-state index contributed by atoms with van der Waals surface area (Å²) in [5.74, 6) is 1.91. The minimum atomic E-state index is 0.280. The Kier molecular flexibility index (Phi) is 11.2. The van der Waals surface area contributed by atoms with E-state index in [4.69, 9.17) is 4.74 Å². The van der Waals surface area contributed by atoms with Gasteiger partial charge in [-0.25, -0.2) is 0 Å². The molecule has 0 aliphatic rings. The second kappa shape index (κ2) is 13.1. The van der Waals surface area contributed by atoms with Gasteiger partial charge >= 0.3 is 0 Å². The third-order valence-electron chi connectivity index (χ3n) is 4.91. The predicted molar refractivity (Wildman–Crippen MR) is 121 cm³/mol. The van der Waals surface area contributed by atoms with Crippen molar-refractivity contribution in [2.75, 3.05) is 26.2 Å². The van der Waals surface area contributed by atoms with E-state index in [0.29, 0.717) is 24.6 Å². The van der Waals surface area contributed by atoms with Gasteiger partial charge in [-0.2, -0.15) is 0 Å². The largest absolute Gasteiger partial charge is 0.508 e. The second-order valence-corrected chi connectivity index (χ2v) is 6.61. The maximum Gasteiger partial charge on any atom is 0.128 e. The van der Waals surface area contributed by atoms with E-state index in [0.717, 1.165) is 37.3 Å². The van der Waals surface area contributed by atoms with Crippen LogP contribution in [0.1, 0.15) is 52.7 Å². The van der Waals surface area contributed by atoms with Crippen LogP contribution in [0.4, 0.5) is 0 Å². The van der Waals surface area contributed by atoms with Gasteiger partial charge in [0.05, 0.1) is 0 Å². The molecule has 162 valence electrons. The average molecular weight is 403 g/mol.